The van der Waals surface area contributed by atoms with E-state index >= 15 is 0 Å². The maximum absolute atomic E-state index is 5.89. The van der Waals surface area contributed by atoms with Gasteiger partial charge in [0, 0.05) is 5.56 Å². The highest BCUT2D eigenvalue weighted by Crippen LogP contribution is 2.15. The maximum Gasteiger partial charge on any atom is 0.0839 e. The zero-order chi connectivity index (χ0) is 8.97. The molecule has 0 heterocycles. The van der Waals surface area contributed by atoms with Crippen molar-refractivity contribution in [1.82, 2.24) is 0 Å². The number of benzene rings is 1. The van der Waals surface area contributed by atoms with Crippen molar-refractivity contribution in [2.45, 2.75) is 6.92 Å². The molecule has 0 nitrogen and oxygen atoms in total. The van der Waals surface area contributed by atoms with Crippen LogP contribution in [0.15, 0.2) is 18.2 Å². The minimum absolute atomic E-state index is 0.338. The summed E-state index contributed by atoms with van der Waals surface area (Å²) in [6, 6.07) is 5.74. The van der Waals surface area contributed by atoms with Crippen molar-refractivity contribution in [2.75, 3.05) is 5.88 Å². The molecule has 0 aliphatic carbocycles. The SMILES string of the molecule is Cc1ccc(Cl)c(C#CCCl)c1. The van der Waals surface area contributed by atoms with E-state index in [1.54, 1.807) is 0 Å². The molecule has 0 N–H and O–H groups in total. The molecule has 0 bridgehead atoms. The van der Waals surface area contributed by atoms with Gasteiger partial charge in [0.25, 0.3) is 0 Å². The molecule has 0 saturated heterocycles. The van der Waals surface area contributed by atoms with Crippen LogP contribution in [0.2, 0.25) is 5.02 Å². The second kappa shape index (κ2) is 4.40. The Morgan fingerprint density at radius 1 is 1.42 bits per heavy atom. The van der Waals surface area contributed by atoms with Gasteiger partial charge in [-0.2, -0.15) is 0 Å². The number of aryl methyl sites for hydroxylation is 1. The molecule has 0 amide bonds. The van der Waals surface area contributed by atoms with Crippen LogP contribution in [0.25, 0.3) is 0 Å². The van der Waals surface area contributed by atoms with Crippen molar-refractivity contribution in [1.29, 1.82) is 0 Å². The van der Waals surface area contributed by atoms with E-state index in [2.05, 4.69) is 11.8 Å². The van der Waals surface area contributed by atoms with Crippen LogP contribution in [0.3, 0.4) is 0 Å². The van der Waals surface area contributed by atoms with Gasteiger partial charge in [0.15, 0.2) is 0 Å². The summed E-state index contributed by atoms with van der Waals surface area (Å²) in [5.74, 6) is 5.99. The molecule has 0 fully saturated rings. The molecule has 1 aromatic rings. The summed E-state index contributed by atoms with van der Waals surface area (Å²) in [4.78, 5) is 0. The van der Waals surface area contributed by atoms with E-state index in [0.29, 0.717) is 10.9 Å². The third-order valence-corrected chi connectivity index (χ3v) is 1.87. The number of hydrogen-bond acceptors (Lipinski definition) is 0. The van der Waals surface area contributed by atoms with Crippen LogP contribution in [0.5, 0.6) is 0 Å². The van der Waals surface area contributed by atoms with Gasteiger partial charge < -0.3 is 0 Å². The molecule has 0 radical (unpaired) electrons. The molecule has 0 aromatic heterocycles. The van der Waals surface area contributed by atoms with Crippen molar-refractivity contribution in [3.8, 4) is 11.8 Å². The fourth-order valence-electron chi connectivity index (χ4n) is 0.864. The van der Waals surface area contributed by atoms with Crippen LogP contribution in [-0.4, -0.2) is 5.88 Å². The van der Waals surface area contributed by atoms with E-state index in [-0.39, 0.29) is 0 Å². The first-order valence-electron chi connectivity index (χ1n) is 3.55. The van der Waals surface area contributed by atoms with Crippen LogP contribution in [0, 0.1) is 18.8 Å². The van der Waals surface area contributed by atoms with Crippen molar-refractivity contribution < 1.29 is 0 Å². The molecule has 12 heavy (non-hydrogen) atoms. The lowest BCUT2D eigenvalue weighted by molar-refractivity contribution is 1.45. The lowest BCUT2D eigenvalue weighted by Gasteiger charge is -1.96. The average molecular weight is 199 g/mol. The number of alkyl halides is 1. The largest absolute Gasteiger partial charge is 0.113 e. The predicted octanol–water partition coefficient (Wildman–Crippen LogP) is 3.24. The summed E-state index contributed by atoms with van der Waals surface area (Å²) in [6.07, 6.45) is 0. The van der Waals surface area contributed by atoms with E-state index < -0.39 is 0 Å². The highest BCUT2D eigenvalue weighted by Gasteiger charge is 1.95. The summed E-state index contributed by atoms with van der Waals surface area (Å²) in [5.41, 5.74) is 2.00. The Morgan fingerprint density at radius 3 is 2.83 bits per heavy atom. The molecule has 0 atom stereocenters. The Morgan fingerprint density at radius 2 is 2.17 bits per heavy atom. The van der Waals surface area contributed by atoms with Gasteiger partial charge >= 0.3 is 0 Å². The fourth-order valence-corrected chi connectivity index (χ4v) is 1.10. The third kappa shape index (κ3) is 2.44. The normalized spacial score (nSPS) is 8.92. The Hall–Kier alpha value is -0.640. The number of halogens is 2. The van der Waals surface area contributed by atoms with E-state index in [0.717, 1.165) is 11.1 Å². The minimum atomic E-state index is 0.338. The molecular weight excluding hydrogens is 191 g/mol. The summed E-state index contributed by atoms with van der Waals surface area (Å²) in [7, 11) is 0. The van der Waals surface area contributed by atoms with Crippen molar-refractivity contribution in [2.24, 2.45) is 0 Å². The lowest BCUT2D eigenvalue weighted by atomic mass is 10.1. The molecule has 2 heteroatoms. The zero-order valence-corrected chi connectivity index (χ0v) is 8.21. The summed E-state index contributed by atoms with van der Waals surface area (Å²) < 4.78 is 0. The van der Waals surface area contributed by atoms with Crippen LogP contribution in [-0.2, 0) is 0 Å². The molecule has 0 unspecified atom stereocenters. The zero-order valence-electron chi connectivity index (χ0n) is 6.70. The number of hydrogen-bond donors (Lipinski definition) is 0. The topological polar surface area (TPSA) is 0 Å². The van der Waals surface area contributed by atoms with Gasteiger partial charge in [-0.15, -0.1) is 11.6 Å². The van der Waals surface area contributed by atoms with Crippen molar-refractivity contribution in [3.05, 3.63) is 34.3 Å². The Kier molecular flexibility index (Phi) is 3.47. The van der Waals surface area contributed by atoms with Crippen molar-refractivity contribution in [3.63, 3.8) is 0 Å². The second-order valence-corrected chi connectivity index (χ2v) is 3.09. The van der Waals surface area contributed by atoms with Crippen LogP contribution >= 0.6 is 23.2 Å². The summed E-state index contributed by atoms with van der Waals surface area (Å²) >= 11 is 11.3. The monoisotopic (exact) mass is 198 g/mol. The molecule has 0 aliphatic heterocycles. The van der Waals surface area contributed by atoms with Gasteiger partial charge in [-0.3, -0.25) is 0 Å². The first-order chi connectivity index (χ1) is 5.74. The van der Waals surface area contributed by atoms with Gasteiger partial charge in [-0.05, 0) is 24.6 Å². The second-order valence-electron chi connectivity index (χ2n) is 2.42. The Balaban J connectivity index is 3.05. The Bertz CT molecular complexity index is 331. The molecule has 0 aliphatic rings. The fraction of sp³-hybridized carbons (Fsp3) is 0.200. The van der Waals surface area contributed by atoms with E-state index in [9.17, 15) is 0 Å². The van der Waals surface area contributed by atoms with Gasteiger partial charge in [0.05, 0.1) is 10.9 Å². The first kappa shape index (κ1) is 9.45. The Labute approximate surface area is 82.5 Å². The van der Waals surface area contributed by atoms with Gasteiger partial charge in [-0.1, -0.05) is 29.5 Å². The molecule has 0 spiro atoms. The van der Waals surface area contributed by atoms with Gasteiger partial charge in [0.2, 0.25) is 0 Å². The predicted molar refractivity (Wildman–Crippen MR) is 53.8 cm³/mol. The third-order valence-electron chi connectivity index (χ3n) is 1.41. The highest BCUT2D eigenvalue weighted by atomic mass is 35.5. The van der Waals surface area contributed by atoms with E-state index in [4.69, 9.17) is 23.2 Å². The molecular formula is C10H8Cl2. The number of rotatable bonds is 0. The molecule has 1 rings (SSSR count). The van der Waals surface area contributed by atoms with Crippen LogP contribution in [0.4, 0.5) is 0 Å². The maximum atomic E-state index is 5.89. The lowest BCUT2D eigenvalue weighted by Crippen LogP contribution is -1.79. The van der Waals surface area contributed by atoms with Crippen molar-refractivity contribution >= 4 is 23.2 Å². The molecule has 62 valence electrons. The van der Waals surface area contributed by atoms with Crippen LogP contribution in [0.1, 0.15) is 11.1 Å². The van der Waals surface area contributed by atoms with Gasteiger partial charge in [-0.25, -0.2) is 0 Å². The molecule has 0 saturated carbocycles. The average Bonchev–Trinajstić information content (AvgIpc) is 2.07. The smallest absolute Gasteiger partial charge is 0.0839 e. The van der Waals surface area contributed by atoms with Gasteiger partial charge in [0.1, 0.15) is 0 Å². The van der Waals surface area contributed by atoms with E-state index in [1.807, 2.05) is 25.1 Å². The summed E-state index contributed by atoms with van der Waals surface area (Å²) in [5, 5.41) is 0.679. The summed E-state index contributed by atoms with van der Waals surface area (Å²) in [6.45, 7) is 2.00. The first-order valence-corrected chi connectivity index (χ1v) is 4.46. The van der Waals surface area contributed by atoms with E-state index in [1.165, 1.54) is 0 Å². The standard InChI is InChI=1S/C10H8Cl2/c1-8-4-5-10(12)9(7-8)3-2-6-11/h4-5,7H,6H2,1H3. The minimum Gasteiger partial charge on any atom is -0.113 e. The van der Waals surface area contributed by atoms with Crippen LogP contribution < -0.4 is 0 Å². The highest BCUT2D eigenvalue weighted by molar-refractivity contribution is 6.31. The quantitative estimate of drug-likeness (QED) is 0.444. The molecule has 1 aromatic carbocycles.